The molecule has 0 spiro atoms. The van der Waals surface area contributed by atoms with E-state index in [4.69, 9.17) is 0 Å². The van der Waals surface area contributed by atoms with E-state index in [0.29, 0.717) is 0 Å². The van der Waals surface area contributed by atoms with Gasteiger partial charge in [-0.2, -0.15) is 0 Å². The fraction of sp³-hybridized carbons (Fsp3) is 0.769. The molecule has 0 saturated carbocycles. The molecule has 0 aromatic carbocycles. The van der Waals surface area contributed by atoms with E-state index in [2.05, 4.69) is 21.0 Å². The van der Waals surface area contributed by atoms with Crippen molar-refractivity contribution in [2.75, 3.05) is 31.1 Å². The van der Waals surface area contributed by atoms with Crippen LogP contribution in [-0.2, 0) is 6.54 Å². The lowest BCUT2D eigenvalue weighted by Crippen LogP contribution is -2.28. The minimum atomic E-state index is 1.12. The van der Waals surface area contributed by atoms with Gasteiger partial charge in [-0.25, -0.2) is 4.98 Å². The summed E-state index contributed by atoms with van der Waals surface area (Å²) in [7, 11) is 0. The van der Waals surface area contributed by atoms with Crippen LogP contribution in [0.5, 0.6) is 0 Å². The Bertz CT molecular complexity index is 351. The summed E-state index contributed by atoms with van der Waals surface area (Å²) >= 11 is 1.90. The zero-order valence-electron chi connectivity index (χ0n) is 10.4. The third-order valence-electron chi connectivity index (χ3n) is 3.75. The lowest BCUT2D eigenvalue weighted by atomic mass is 10.1. The number of nitrogens with zero attached hydrogens (tertiary/aromatic N) is 3. The molecule has 2 fully saturated rings. The standard InChI is InChI=1S/C13H21N3S/c1-2-6-15(7-3-1)11-12-10-14-13(17-12)16-8-4-5-9-16/h10H,1-9,11H2. The summed E-state index contributed by atoms with van der Waals surface area (Å²) in [5.41, 5.74) is 0. The first kappa shape index (κ1) is 11.5. The van der Waals surface area contributed by atoms with Crippen molar-refractivity contribution in [1.29, 1.82) is 0 Å². The minimum Gasteiger partial charge on any atom is -0.348 e. The molecule has 0 atom stereocenters. The second kappa shape index (κ2) is 5.36. The number of likely N-dealkylation sites (tertiary alicyclic amines) is 1. The number of aromatic nitrogens is 1. The van der Waals surface area contributed by atoms with Crippen molar-refractivity contribution in [1.82, 2.24) is 9.88 Å². The first-order valence-electron chi connectivity index (χ1n) is 6.84. The van der Waals surface area contributed by atoms with Crippen LogP contribution in [0.4, 0.5) is 5.13 Å². The topological polar surface area (TPSA) is 19.4 Å². The third kappa shape index (κ3) is 2.80. The number of hydrogen-bond donors (Lipinski definition) is 0. The van der Waals surface area contributed by atoms with Crippen molar-refractivity contribution in [3.63, 3.8) is 0 Å². The van der Waals surface area contributed by atoms with Crippen LogP contribution in [0.2, 0.25) is 0 Å². The van der Waals surface area contributed by atoms with Gasteiger partial charge in [-0.1, -0.05) is 6.42 Å². The largest absolute Gasteiger partial charge is 0.348 e. The molecule has 94 valence electrons. The molecule has 3 heterocycles. The van der Waals surface area contributed by atoms with E-state index in [1.807, 2.05) is 11.3 Å². The maximum absolute atomic E-state index is 4.58. The Morgan fingerprint density at radius 3 is 2.47 bits per heavy atom. The predicted molar refractivity (Wildman–Crippen MR) is 72.7 cm³/mol. The molecule has 3 rings (SSSR count). The SMILES string of the molecule is c1nc(N2CCCC2)sc1CN1CCCCC1. The average Bonchev–Trinajstić information content (AvgIpc) is 3.00. The van der Waals surface area contributed by atoms with E-state index in [1.54, 1.807) is 0 Å². The quantitative estimate of drug-likeness (QED) is 0.823. The second-order valence-corrected chi connectivity index (χ2v) is 6.23. The summed E-state index contributed by atoms with van der Waals surface area (Å²) in [5.74, 6) is 0. The predicted octanol–water partition coefficient (Wildman–Crippen LogP) is 2.73. The molecule has 0 N–H and O–H groups in total. The van der Waals surface area contributed by atoms with Crippen molar-refractivity contribution in [2.45, 2.75) is 38.6 Å². The van der Waals surface area contributed by atoms with Crippen molar-refractivity contribution < 1.29 is 0 Å². The highest BCUT2D eigenvalue weighted by Crippen LogP contribution is 2.27. The number of anilines is 1. The molecule has 4 heteroatoms. The van der Waals surface area contributed by atoms with Crippen LogP contribution in [-0.4, -0.2) is 36.1 Å². The fourth-order valence-corrected chi connectivity index (χ4v) is 3.77. The second-order valence-electron chi connectivity index (χ2n) is 5.14. The molecule has 17 heavy (non-hydrogen) atoms. The van der Waals surface area contributed by atoms with Gasteiger partial charge in [-0.15, -0.1) is 11.3 Å². The van der Waals surface area contributed by atoms with Crippen LogP contribution in [0.25, 0.3) is 0 Å². The summed E-state index contributed by atoms with van der Waals surface area (Å²) in [6.45, 7) is 6.08. The van der Waals surface area contributed by atoms with Crippen LogP contribution in [0.1, 0.15) is 37.0 Å². The van der Waals surface area contributed by atoms with E-state index in [9.17, 15) is 0 Å². The summed E-state index contributed by atoms with van der Waals surface area (Å²) in [6.07, 6.45) is 8.92. The third-order valence-corrected chi connectivity index (χ3v) is 4.79. The summed E-state index contributed by atoms with van der Waals surface area (Å²) in [5, 5.41) is 1.24. The van der Waals surface area contributed by atoms with Gasteiger partial charge < -0.3 is 4.90 Å². The zero-order valence-corrected chi connectivity index (χ0v) is 11.2. The van der Waals surface area contributed by atoms with E-state index in [1.165, 1.54) is 68.3 Å². The smallest absolute Gasteiger partial charge is 0.185 e. The molecular weight excluding hydrogens is 230 g/mol. The fourth-order valence-electron chi connectivity index (χ4n) is 2.76. The van der Waals surface area contributed by atoms with E-state index in [-0.39, 0.29) is 0 Å². The summed E-state index contributed by atoms with van der Waals surface area (Å²) < 4.78 is 0. The molecule has 0 aliphatic carbocycles. The van der Waals surface area contributed by atoms with Crippen LogP contribution < -0.4 is 4.90 Å². The zero-order chi connectivity index (χ0) is 11.5. The highest BCUT2D eigenvalue weighted by Gasteiger charge is 2.17. The lowest BCUT2D eigenvalue weighted by molar-refractivity contribution is 0.222. The van der Waals surface area contributed by atoms with Crippen molar-refractivity contribution >= 4 is 16.5 Å². The molecular formula is C13H21N3S. The highest BCUT2D eigenvalue weighted by atomic mass is 32.1. The molecule has 2 aliphatic rings. The average molecular weight is 251 g/mol. The van der Waals surface area contributed by atoms with Crippen LogP contribution in [0.15, 0.2) is 6.20 Å². The van der Waals surface area contributed by atoms with Crippen LogP contribution >= 0.6 is 11.3 Å². The van der Waals surface area contributed by atoms with Crippen LogP contribution in [0, 0.1) is 0 Å². The molecule has 2 saturated heterocycles. The first-order valence-corrected chi connectivity index (χ1v) is 7.65. The van der Waals surface area contributed by atoms with Crippen molar-refractivity contribution in [2.24, 2.45) is 0 Å². The lowest BCUT2D eigenvalue weighted by Gasteiger charge is -2.25. The van der Waals surface area contributed by atoms with Gasteiger partial charge in [-0.05, 0) is 38.8 Å². The van der Waals surface area contributed by atoms with Gasteiger partial charge in [0.1, 0.15) is 0 Å². The van der Waals surface area contributed by atoms with E-state index in [0.717, 1.165) is 6.54 Å². The van der Waals surface area contributed by atoms with Gasteiger partial charge in [-0.3, -0.25) is 4.90 Å². The molecule has 3 nitrogen and oxygen atoms in total. The Morgan fingerprint density at radius 2 is 1.71 bits per heavy atom. The van der Waals surface area contributed by atoms with E-state index >= 15 is 0 Å². The van der Waals surface area contributed by atoms with E-state index < -0.39 is 0 Å². The van der Waals surface area contributed by atoms with Crippen molar-refractivity contribution in [3.8, 4) is 0 Å². The number of hydrogen-bond acceptors (Lipinski definition) is 4. The first-order chi connectivity index (χ1) is 8.42. The summed E-state index contributed by atoms with van der Waals surface area (Å²) in [4.78, 5) is 11.0. The number of thiazole rings is 1. The normalized spacial score (nSPS) is 22.2. The molecule has 0 radical (unpaired) electrons. The molecule has 0 amide bonds. The Hall–Kier alpha value is -0.610. The van der Waals surface area contributed by atoms with Gasteiger partial charge in [0.25, 0.3) is 0 Å². The molecule has 0 bridgehead atoms. The molecule has 0 unspecified atom stereocenters. The Labute approximate surface area is 107 Å². The minimum absolute atomic E-state index is 1.12. The maximum Gasteiger partial charge on any atom is 0.185 e. The monoisotopic (exact) mass is 251 g/mol. The highest BCUT2D eigenvalue weighted by molar-refractivity contribution is 7.15. The molecule has 1 aromatic rings. The van der Waals surface area contributed by atoms with Crippen molar-refractivity contribution in [3.05, 3.63) is 11.1 Å². The van der Waals surface area contributed by atoms with Gasteiger partial charge >= 0.3 is 0 Å². The number of piperidine rings is 1. The molecule has 1 aromatic heterocycles. The maximum atomic E-state index is 4.58. The van der Waals surface area contributed by atoms with Gasteiger partial charge in [0.2, 0.25) is 0 Å². The van der Waals surface area contributed by atoms with Gasteiger partial charge in [0.05, 0.1) is 0 Å². The van der Waals surface area contributed by atoms with Gasteiger partial charge in [0, 0.05) is 30.7 Å². The molecule has 2 aliphatic heterocycles. The Kier molecular flexibility index (Phi) is 3.62. The van der Waals surface area contributed by atoms with Crippen LogP contribution in [0.3, 0.4) is 0 Å². The summed E-state index contributed by atoms with van der Waals surface area (Å²) in [6, 6.07) is 0. The Balaban J connectivity index is 1.59. The Morgan fingerprint density at radius 1 is 1.00 bits per heavy atom. The van der Waals surface area contributed by atoms with Gasteiger partial charge in [0.15, 0.2) is 5.13 Å². The number of rotatable bonds is 3.